The molecule has 2 aromatic rings. The molecule has 0 spiro atoms. The number of aryl methyl sites for hydroxylation is 1. The Hall–Kier alpha value is -1.75. The van der Waals surface area contributed by atoms with Crippen LogP contribution in [-0.4, -0.2) is 26.3 Å². The van der Waals surface area contributed by atoms with Crippen molar-refractivity contribution in [2.75, 3.05) is 6.54 Å². The van der Waals surface area contributed by atoms with Gasteiger partial charge >= 0.3 is 0 Å². The molecule has 1 aliphatic heterocycles. The van der Waals surface area contributed by atoms with E-state index in [1.165, 1.54) is 0 Å². The molecule has 0 aliphatic carbocycles. The molecule has 0 saturated heterocycles. The van der Waals surface area contributed by atoms with Gasteiger partial charge in [0.15, 0.2) is 5.82 Å². The van der Waals surface area contributed by atoms with Crippen LogP contribution in [0.2, 0.25) is 0 Å². The second-order valence-electron chi connectivity index (χ2n) is 3.99. The van der Waals surface area contributed by atoms with Crippen LogP contribution in [0.15, 0.2) is 18.3 Å². The quantitative estimate of drug-likeness (QED) is 0.762. The number of hydrogen-bond donors (Lipinski definition) is 1. The van der Waals surface area contributed by atoms with Gasteiger partial charge in [-0.1, -0.05) is 6.07 Å². The van der Waals surface area contributed by atoms with E-state index in [1.807, 2.05) is 25.3 Å². The molecule has 5 nitrogen and oxygen atoms in total. The molecule has 0 radical (unpaired) electrons. The first-order chi connectivity index (χ1) is 7.84. The van der Waals surface area contributed by atoms with Gasteiger partial charge in [-0.05, 0) is 18.6 Å². The molecular weight excluding hydrogens is 202 g/mol. The van der Waals surface area contributed by atoms with Gasteiger partial charge in [0.1, 0.15) is 11.5 Å². The van der Waals surface area contributed by atoms with E-state index in [0.29, 0.717) is 0 Å². The van der Waals surface area contributed by atoms with Crippen LogP contribution < -0.4 is 5.32 Å². The number of fused-ring (bicyclic) bond motifs is 1. The fourth-order valence-corrected chi connectivity index (χ4v) is 1.88. The number of nitrogens with one attached hydrogen (secondary N) is 1. The maximum atomic E-state index is 4.39. The maximum Gasteiger partial charge on any atom is 0.182 e. The van der Waals surface area contributed by atoms with E-state index in [4.69, 9.17) is 0 Å². The topological polar surface area (TPSA) is 55.6 Å². The summed E-state index contributed by atoms with van der Waals surface area (Å²) >= 11 is 0. The molecule has 3 heterocycles. The molecule has 0 atom stereocenters. The van der Waals surface area contributed by atoms with Crippen LogP contribution in [0.3, 0.4) is 0 Å². The minimum absolute atomic E-state index is 0.791. The minimum Gasteiger partial charge on any atom is -0.308 e. The zero-order valence-electron chi connectivity index (χ0n) is 9.14. The highest BCUT2D eigenvalue weighted by atomic mass is 15.3. The lowest BCUT2D eigenvalue weighted by atomic mass is 10.2. The third-order valence-corrected chi connectivity index (χ3v) is 2.76. The van der Waals surface area contributed by atoms with Crippen LogP contribution in [0.25, 0.3) is 11.5 Å². The normalized spacial score (nSPS) is 14.8. The highest BCUT2D eigenvalue weighted by Crippen LogP contribution is 2.17. The molecule has 16 heavy (non-hydrogen) atoms. The summed E-state index contributed by atoms with van der Waals surface area (Å²) in [6.07, 6.45) is 1.86. The molecule has 1 aliphatic rings. The first kappa shape index (κ1) is 9.47. The first-order valence-electron chi connectivity index (χ1n) is 5.40. The Labute approximate surface area is 93.5 Å². The molecule has 3 rings (SSSR count). The molecule has 2 aromatic heterocycles. The Morgan fingerprint density at radius 1 is 1.31 bits per heavy atom. The van der Waals surface area contributed by atoms with Gasteiger partial charge in [-0.2, -0.15) is 0 Å². The molecule has 0 fully saturated rings. The van der Waals surface area contributed by atoms with Crippen molar-refractivity contribution in [1.29, 1.82) is 0 Å². The van der Waals surface area contributed by atoms with Crippen molar-refractivity contribution >= 4 is 0 Å². The van der Waals surface area contributed by atoms with Crippen LogP contribution in [0, 0.1) is 6.92 Å². The van der Waals surface area contributed by atoms with Gasteiger partial charge in [0.05, 0.1) is 6.54 Å². The molecule has 1 N–H and O–H groups in total. The molecule has 0 amide bonds. The van der Waals surface area contributed by atoms with E-state index in [0.717, 1.165) is 42.5 Å². The number of nitrogens with zero attached hydrogens (tertiary/aromatic N) is 4. The van der Waals surface area contributed by atoms with Crippen molar-refractivity contribution < 1.29 is 0 Å². The monoisotopic (exact) mass is 215 g/mol. The summed E-state index contributed by atoms with van der Waals surface area (Å²) in [7, 11) is 0. The van der Waals surface area contributed by atoms with Crippen LogP contribution in [-0.2, 0) is 13.1 Å². The van der Waals surface area contributed by atoms with Gasteiger partial charge in [0.25, 0.3) is 0 Å². The Kier molecular flexibility index (Phi) is 2.18. The predicted octanol–water partition coefficient (Wildman–Crippen LogP) is 0.752. The van der Waals surface area contributed by atoms with Gasteiger partial charge in [-0.3, -0.25) is 4.98 Å². The Balaban J connectivity index is 2.06. The van der Waals surface area contributed by atoms with Crippen molar-refractivity contribution in [2.24, 2.45) is 0 Å². The maximum absolute atomic E-state index is 4.39. The summed E-state index contributed by atoms with van der Waals surface area (Å²) in [6, 6.07) is 4.04. The average Bonchev–Trinajstić information content (AvgIpc) is 2.74. The second kappa shape index (κ2) is 3.68. The zero-order valence-corrected chi connectivity index (χ0v) is 9.14. The summed E-state index contributed by atoms with van der Waals surface area (Å²) in [5, 5.41) is 11.6. The molecule has 0 aromatic carbocycles. The Bertz CT molecular complexity index is 500. The number of aromatic nitrogens is 4. The van der Waals surface area contributed by atoms with E-state index < -0.39 is 0 Å². The molecule has 0 unspecified atom stereocenters. The summed E-state index contributed by atoms with van der Waals surface area (Å²) in [4.78, 5) is 4.39. The fraction of sp³-hybridized carbons (Fsp3) is 0.364. The zero-order chi connectivity index (χ0) is 11.0. The summed E-state index contributed by atoms with van der Waals surface area (Å²) in [5.41, 5.74) is 2.05. The van der Waals surface area contributed by atoms with E-state index in [9.17, 15) is 0 Å². The van der Waals surface area contributed by atoms with Crippen molar-refractivity contribution in [3.63, 3.8) is 0 Å². The molecule has 0 bridgehead atoms. The summed E-state index contributed by atoms with van der Waals surface area (Å²) in [5.74, 6) is 1.86. The van der Waals surface area contributed by atoms with Gasteiger partial charge in [-0.25, -0.2) is 0 Å². The SMILES string of the molecule is Cc1ccc(-c2nnc3n2CCNC3)nc1. The highest BCUT2D eigenvalue weighted by Gasteiger charge is 2.16. The van der Waals surface area contributed by atoms with E-state index in [1.54, 1.807) is 0 Å². The molecular formula is C11H13N5. The van der Waals surface area contributed by atoms with Crippen LogP contribution in [0.1, 0.15) is 11.4 Å². The second-order valence-corrected chi connectivity index (χ2v) is 3.99. The van der Waals surface area contributed by atoms with Crippen molar-refractivity contribution in [3.05, 3.63) is 29.7 Å². The third kappa shape index (κ3) is 1.49. The predicted molar refractivity (Wildman–Crippen MR) is 59.7 cm³/mol. The summed E-state index contributed by atoms with van der Waals surface area (Å²) in [6.45, 7) is 4.69. The standard InChI is InChI=1S/C11H13N5/c1-8-2-3-9(13-6-8)11-15-14-10-7-12-4-5-16(10)11/h2-3,6,12H,4-5,7H2,1H3. The highest BCUT2D eigenvalue weighted by molar-refractivity contribution is 5.49. The van der Waals surface area contributed by atoms with E-state index >= 15 is 0 Å². The third-order valence-electron chi connectivity index (χ3n) is 2.76. The minimum atomic E-state index is 0.791. The Morgan fingerprint density at radius 2 is 2.25 bits per heavy atom. The van der Waals surface area contributed by atoms with Gasteiger partial charge in [-0.15, -0.1) is 10.2 Å². The number of hydrogen-bond acceptors (Lipinski definition) is 4. The Morgan fingerprint density at radius 3 is 3.06 bits per heavy atom. The fourth-order valence-electron chi connectivity index (χ4n) is 1.88. The molecule has 0 saturated carbocycles. The number of pyridine rings is 1. The van der Waals surface area contributed by atoms with Crippen molar-refractivity contribution in [2.45, 2.75) is 20.0 Å². The van der Waals surface area contributed by atoms with Crippen molar-refractivity contribution in [1.82, 2.24) is 25.1 Å². The van der Waals surface area contributed by atoms with E-state index in [2.05, 4.69) is 25.1 Å². The largest absolute Gasteiger partial charge is 0.308 e. The van der Waals surface area contributed by atoms with Gasteiger partial charge in [0, 0.05) is 19.3 Å². The average molecular weight is 215 g/mol. The van der Waals surface area contributed by atoms with Gasteiger partial charge in [0.2, 0.25) is 0 Å². The molecule has 82 valence electrons. The van der Waals surface area contributed by atoms with E-state index in [-0.39, 0.29) is 0 Å². The number of rotatable bonds is 1. The van der Waals surface area contributed by atoms with Crippen LogP contribution in [0.5, 0.6) is 0 Å². The summed E-state index contributed by atoms with van der Waals surface area (Å²) < 4.78 is 2.13. The lowest BCUT2D eigenvalue weighted by Gasteiger charge is -2.15. The lowest BCUT2D eigenvalue weighted by Crippen LogP contribution is -2.28. The smallest absolute Gasteiger partial charge is 0.182 e. The van der Waals surface area contributed by atoms with Crippen LogP contribution >= 0.6 is 0 Å². The van der Waals surface area contributed by atoms with Gasteiger partial charge < -0.3 is 9.88 Å². The van der Waals surface area contributed by atoms with Crippen molar-refractivity contribution in [3.8, 4) is 11.5 Å². The lowest BCUT2D eigenvalue weighted by molar-refractivity contribution is 0.508. The first-order valence-corrected chi connectivity index (χ1v) is 5.40. The molecule has 5 heteroatoms. The van der Waals surface area contributed by atoms with Crippen LogP contribution in [0.4, 0.5) is 0 Å².